The van der Waals surface area contributed by atoms with Crippen molar-refractivity contribution in [2.75, 3.05) is 0 Å². The Morgan fingerprint density at radius 3 is 1.58 bits per heavy atom. The highest BCUT2D eigenvalue weighted by Gasteiger charge is 2.36. The van der Waals surface area contributed by atoms with Crippen molar-refractivity contribution in [3.8, 4) is 67.3 Å². The lowest BCUT2D eigenvalue weighted by Gasteiger charge is -2.21. The maximum Gasteiger partial charge on any atom is 0.161 e. The minimum atomic E-state index is -0.0696. The summed E-state index contributed by atoms with van der Waals surface area (Å²) in [6.45, 7) is 4.71. The molecule has 1 aromatic heterocycles. The molecule has 0 aliphatic heterocycles. The fourth-order valence-corrected chi connectivity index (χ4v) is 8.37. The zero-order valence-corrected chi connectivity index (χ0v) is 29.7. The second-order valence-corrected chi connectivity index (χ2v) is 14.6. The molecule has 1 aliphatic carbocycles. The van der Waals surface area contributed by atoms with Gasteiger partial charge in [0, 0.05) is 22.1 Å². The third-order valence-electron chi connectivity index (χ3n) is 11.1. The predicted octanol–water partition coefficient (Wildman–Crippen LogP) is 13.4. The van der Waals surface area contributed by atoms with Crippen LogP contribution < -0.4 is 0 Å². The van der Waals surface area contributed by atoms with Gasteiger partial charge in [-0.25, -0.2) is 9.97 Å². The molecule has 53 heavy (non-hydrogen) atoms. The lowest BCUT2D eigenvalue weighted by atomic mass is 9.81. The normalized spacial score (nSPS) is 12.9. The van der Waals surface area contributed by atoms with E-state index >= 15 is 0 Å². The van der Waals surface area contributed by atoms with Crippen molar-refractivity contribution in [2.45, 2.75) is 19.3 Å². The lowest BCUT2D eigenvalue weighted by Crippen LogP contribution is -2.14. The minimum Gasteiger partial charge on any atom is -0.228 e. The molecule has 0 amide bonds. The second-order valence-electron chi connectivity index (χ2n) is 14.6. The highest BCUT2D eigenvalue weighted by Crippen LogP contribution is 2.52. The third-order valence-corrected chi connectivity index (χ3v) is 11.1. The average molecular weight is 677 g/mol. The first kappa shape index (κ1) is 31.1. The zero-order chi connectivity index (χ0) is 35.5. The van der Waals surface area contributed by atoms with E-state index in [1.165, 1.54) is 60.7 Å². The molecule has 9 aromatic rings. The van der Waals surface area contributed by atoms with Crippen LogP contribution in [0, 0.1) is 0 Å². The summed E-state index contributed by atoms with van der Waals surface area (Å²) < 4.78 is 0. The van der Waals surface area contributed by atoms with Gasteiger partial charge in [-0.1, -0.05) is 178 Å². The third kappa shape index (κ3) is 5.18. The fourth-order valence-electron chi connectivity index (χ4n) is 8.37. The Morgan fingerprint density at radius 1 is 0.358 bits per heavy atom. The molecule has 2 nitrogen and oxygen atoms in total. The van der Waals surface area contributed by atoms with Gasteiger partial charge in [0.05, 0.1) is 11.4 Å². The second kappa shape index (κ2) is 12.3. The van der Waals surface area contributed by atoms with Crippen LogP contribution >= 0.6 is 0 Å². The molecule has 0 saturated carbocycles. The molecule has 0 unspecified atom stereocenters. The van der Waals surface area contributed by atoms with Crippen LogP contribution in [-0.4, -0.2) is 9.97 Å². The monoisotopic (exact) mass is 676 g/mol. The molecule has 0 bridgehead atoms. The largest absolute Gasteiger partial charge is 0.228 e. The van der Waals surface area contributed by atoms with Crippen molar-refractivity contribution in [1.29, 1.82) is 0 Å². The SMILES string of the molecule is CC1(C)c2ccc(-c3ccc(-c4nc(-c5ccccc5)cc(-c5ccc(-c6ccccc6)cc5)n4)c4ccccc34)cc2-c2c1ccc1ccccc21. The number of aromatic nitrogens is 2. The Kier molecular flexibility index (Phi) is 7.19. The average Bonchev–Trinajstić information content (AvgIpc) is 3.46. The first-order chi connectivity index (χ1) is 26.0. The zero-order valence-electron chi connectivity index (χ0n) is 29.7. The Balaban J connectivity index is 1.12. The van der Waals surface area contributed by atoms with Crippen LogP contribution in [0.5, 0.6) is 0 Å². The molecule has 0 spiro atoms. The molecule has 0 N–H and O–H groups in total. The van der Waals surface area contributed by atoms with Crippen molar-refractivity contribution < 1.29 is 0 Å². The number of rotatable bonds is 5. The van der Waals surface area contributed by atoms with E-state index in [2.05, 4.69) is 190 Å². The van der Waals surface area contributed by atoms with Crippen molar-refractivity contribution >= 4 is 21.5 Å². The molecular weight excluding hydrogens is 641 g/mol. The maximum absolute atomic E-state index is 5.26. The van der Waals surface area contributed by atoms with E-state index in [4.69, 9.17) is 9.97 Å². The van der Waals surface area contributed by atoms with Crippen LogP contribution in [0.25, 0.3) is 88.8 Å². The summed E-state index contributed by atoms with van der Waals surface area (Å²) in [6, 6.07) is 65.3. The van der Waals surface area contributed by atoms with E-state index in [9.17, 15) is 0 Å². The molecule has 0 saturated heterocycles. The van der Waals surface area contributed by atoms with Gasteiger partial charge >= 0.3 is 0 Å². The molecule has 0 fully saturated rings. The standard InChI is InChI=1S/C51H36N2/c1-51(2)45-29-26-38(31-44(45)49-40-18-10-9-15-35(40)25-30-46(49)51)39-27-28-43(42-20-12-11-19-41(39)42)50-52-47(36-16-7-4-8-17-36)32-48(53-50)37-23-21-34(22-24-37)33-13-5-3-6-14-33/h3-32H,1-2H3. The lowest BCUT2D eigenvalue weighted by molar-refractivity contribution is 0.661. The summed E-state index contributed by atoms with van der Waals surface area (Å²) in [5, 5.41) is 4.91. The summed E-state index contributed by atoms with van der Waals surface area (Å²) in [6.07, 6.45) is 0. The van der Waals surface area contributed by atoms with Gasteiger partial charge in [-0.15, -0.1) is 0 Å². The molecule has 0 atom stereocenters. The first-order valence-electron chi connectivity index (χ1n) is 18.3. The molecule has 2 heteroatoms. The van der Waals surface area contributed by atoms with Crippen LogP contribution in [-0.2, 0) is 5.41 Å². The van der Waals surface area contributed by atoms with Gasteiger partial charge in [0.25, 0.3) is 0 Å². The number of hydrogen-bond acceptors (Lipinski definition) is 2. The van der Waals surface area contributed by atoms with Crippen LogP contribution in [0.15, 0.2) is 182 Å². The van der Waals surface area contributed by atoms with E-state index in [1.54, 1.807) is 0 Å². The topological polar surface area (TPSA) is 25.8 Å². The van der Waals surface area contributed by atoms with Crippen LogP contribution in [0.2, 0.25) is 0 Å². The Bertz CT molecular complexity index is 2830. The van der Waals surface area contributed by atoms with Crippen LogP contribution in [0.3, 0.4) is 0 Å². The van der Waals surface area contributed by atoms with Gasteiger partial charge < -0.3 is 0 Å². The van der Waals surface area contributed by atoms with Crippen molar-refractivity contribution in [2.24, 2.45) is 0 Å². The smallest absolute Gasteiger partial charge is 0.161 e. The summed E-state index contributed by atoms with van der Waals surface area (Å²) >= 11 is 0. The van der Waals surface area contributed by atoms with E-state index in [0.717, 1.165) is 33.5 Å². The van der Waals surface area contributed by atoms with Crippen LogP contribution in [0.1, 0.15) is 25.0 Å². The Morgan fingerprint density at radius 2 is 0.868 bits per heavy atom. The summed E-state index contributed by atoms with van der Waals surface area (Å²) in [4.78, 5) is 10.5. The number of nitrogens with zero attached hydrogens (tertiary/aromatic N) is 2. The first-order valence-corrected chi connectivity index (χ1v) is 18.3. The molecule has 10 rings (SSSR count). The molecule has 8 aromatic carbocycles. The Labute approximate surface area is 310 Å². The number of fused-ring (bicyclic) bond motifs is 6. The van der Waals surface area contributed by atoms with Crippen molar-refractivity contribution in [3.63, 3.8) is 0 Å². The van der Waals surface area contributed by atoms with Crippen molar-refractivity contribution in [1.82, 2.24) is 9.97 Å². The number of benzene rings is 8. The van der Waals surface area contributed by atoms with E-state index < -0.39 is 0 Å². The highest BCUT2D eigenvalue weighted by atomic mass is 14.9. The number of hydrogen-bond donors (Lipinski definition) is 0. The molecule has 0 radical (unpaired) electrons. The molecule has 1 heterocycles. The fraction of sp³-hybridized carbons (Fsp3) is 0.0588. The minimum absolute atomic E-state index is 0.0696. The summed E-state index contributed by atoms with van der Waals surface area (Å²) in [5.41, 5.74) is 15.1. The predicted molar refractivity (Wildman–Crippen MR) is 222 cm³/mol. The van der Waals surface area contributed by atoms with Gasteiger partial charge in [0.15, 0.2) is 5.82 Å². The maximum atomic E-state index is 5.26. The Hall–Kier alpha value is -6.64. The van der Waals surface area contributed by atoms with E-state index in [1.807, 2.05) is 6.07 Å². The van der Waals surface area contributed by atoms with Crippen molar-refractivity contribution in [3.05, 3.63) is 193 Å². The van der Waals surface area contributed by atoms with Gasteiger partial charge in [-0.2, -0.15) is 0 Å². The highest BCUT2D eigenvalue weighted by molar-refractivity contribution is 6.07. The molecule has 250 valence electrons. The van der Waals surface area contributed by atoms with Gasteiger partial charge in [-0.05, 0) is 84.3 Å². The quantitative estimate of drug-likeness (QED) is 0.181. The molecule has 1 aliphatic rings. The van der Waals surface area contributed by atoms with E-state index in [0.29, 0.717) is 5.82 Å². The van der Waals surface area contributed by atoms with Gasteiger partial charge in [0.1, 0.15) is 0 Å². The van der Waals surface area contributed by atoms with Crippen LogP contribution in [0.4, 0.5) is 0 Å². The van der Waals surface area contributed by atoms with Gasteiger partial charge in [0.2, 0.25) is 0 Å². The van der Waals surface area contributed by atoms with Gasteiger partial charge in [-0.3, -0.25) is 0 Å². The van der Waals surface area contributed by atoms with E-state index in [-0.39, 0.29) is 5.41 Å². The summed E-state index contributed by atoms with van der Waals surface area (Å²) in [7, 11) is 0. The summed E-state index contributed by atoms with van der Waals surface area (Å²) in [5.74, 6) is 0.715. The molecular formula is C51H36N2.